The highest BCUT2D eigenvalue weighted by Gasteiger charge is 2.29. The molecule has 0 bridgehead atoms. The quantitative estimate of drug-likeness (QED) is 0.653. The van der Waals surface area contributed by atoms with Gasteiger partial charge in [0.1, 0.15) is 11.5 Å². The summed E-state index contributed by atoms with van der Waals surface area (Å²) in [5.74, 6) is -0.695. The lowest BCUT2D eigenvalue weighted by molar-refractivity contribution is -0.0606. The van der Waals surface area contributed by atoms with Gasteiger partial charge in [-0.05, 0) is 42.3 Å². The molecule has 0 atom stereocenters. The number of piperazine rings is 1. The van der Waals surface area contributed by atoms with Gasteiger partial charge in [0.05, 0.1) is 18.3 Å². The molecule has 1 N–H and O–H groups in total. The van der Waals surface area contributed by atoms with Crippen molar-refractivity contribution in [3.05, 3.63) is 64.9 Å². The zero-order chi connectivity index (χ0) is 21.5. The molecule has 2 aliphatic heterocycles. The zero-order valence-electron chi connectivity index (χ0n) is 17.6. The summed E-state index contributed by atoms with van der Waals surface area (Å²) < 4.78 is 15.5. The minimum atomic E-state index is -0.444. The number of rotatable bonds is 4. The monoisotopic (exact) mass is 423 g/mol. The number of likely N-dealkylation sites (N-methyl/N-ethyl adjacent to an activating group) is 1. The summed E-state index contributed by atoms with van der Waals surface area (Å²) in [6.07, 6.45) is 4.44. The van der Waals surface area contributed by atoms with Gasteiger partial charge in [-0.15, -0.1) is 0 Å². The van der Waals surface area contributed by atoms with Gasteiger partial charge in [0.15, 0.2) is 0 Å². The van der Waals surface area contributed by atoms with Crippen molar-refractivity contribution in [2.75, 3.05) is 39.8 Å². The molecular formula is C23H26FN5O2. The fourth-order valence-corrected chi connectivity index (χ4v) is 4.59. The number of hydrogen-bond donors (Lipinski definition) is 1. The van der Waals surface area contributed by atoms with Crippen molar-refractivity contribution in [3.63, 3.8) is 0 Å². The van der Waals surface area contributed by atoms with Crippen LogP contribution in [0.15, 0.2) is 36.7 Å². The van der Waals surface area contributed by atoms with Crippen LogP contribution < -0.4 is 0 Å². The molecule has 0 saturated carbocycles. The number of benzene rings is 1. The van der Waals surface area contributed by atoms with Crippen molar-refractivity contribution in [2.24, 2.45) is 0 Å². The molecule has 2 aliphatic rings. The van der Waals surface area contributed by atoms with Crippen LogP contribution in [0.4, 0.5) is 4.39 Å². The van der Waals surface area contributed by atoms with Crippen molar-refractivity contribution in [1.29, 1.82) is 0 Å². The second kappa shape index (κ2) is 8.03. The van der Waals surface area contributed by atoms with Crippen molar-refractivity contribution < 1.29 is 14.4 Å². The normalized spacial score (nSPS) is 18.0. The number of amides is 1. The maximum atomic E-state index is 13.3. The largest absolute Gasteiger partial charge is 0.341 e. The second-order valence-corrected chi connectivity index (χ2v) is 8.51. The molecule has 5 rings (SSSR count). The van der Waals surface area contributed by atoms with E-state index in [-0.39, 0.29) is 12.4 Å². The highest BCUT2D eigenvalue weighted by molar-refractivity contribution is 6.00. The number of carbonyl (C=O) groups excluding carboxylic acids is 1. The van der Waals surface area contributed by atoms with E-state index in [2.05, 4.69) is 32.6 Å². The van der Waals surface area contributed by atoms with Crippen molar-refractivity contribution >= 4 is 16.8 Å². The van der Waals surface area contributed by atoms with Gasteiger partial charge in [0.25, 0.3) is 5.91 Å². The number of carbonyl (C=O) groups is 1. The van der Waals surface area contributed by atoms with Crippen LogP contribution in [-0.2, 0) is 19.5 Å². The van der Waals surface area contributed by atoms with Gasteiger partial charge < -0.3 is 9.47 Å². The first-order chi connectivity index (χ1) is 15.0. The molecule has 1 saturated heterocycles. The Hall–Kier alpha value is -2.81. The molecule has 1 fully saturated rings. The van der Waals surface area contributed by atoms with E-state index in [1.54, 1.807) is 18.3 Å². The number of hydrogen-bond acceptors (Lipinski definition) is 5. The van der Waals surface area contributed by atoms with Crippen molar-refractivity contribution in [1.82, 2.24) is 24.4 Å². The molecule has 3 aromatic rings. The van der Waals surface area contributed by atoms with Crippen LogP contribution in [0, 0.1) is 5.82 Å². The van der Waals surface area contributed by atoms with Gasteiger partial charge in [-0.25, -0.2) is 14.4 Å². The first kappa shape index (κ1) is 20.1. The molecule has 162 valence electrons. The fraction of sp³-hybridized carbons (Fsp3) is 0.391. The average Bonchev–Trinajstić information content (AvgIpc) is 3.11. The third-order valence-corrected chi connectivity index (χ3v) is 6.37. The lowest BCUT2D eigenvalue weighted by Crippen LogP contribution is -2.43. The Morgan fingerprint density at radius 1 is 1.06 bits per heavy atom. The zero-order valence-corrected chi connectivity index (χ0v) is 17.6. The van der Waals surface area contributed by atoms with Gasteiger partial charge in [0.2, 0.25) is 0 Å². The maximum Gasteiger partial charge on any atom is 0.296 e. The van der Waals surface area contributed by atoms with Crippen LogP contribution in [0.5, 0.6) is 0 Å². The highest BCUT2D eigenvalue weighted by atomic mass is 19.1. The number of nitrogens with zero attached hydrogens (tertiary/aromatic N) is 5. The first-order valence-electron chi connectivity index (χ1n) is 10.7. The first-order valence-corrected chi connectivity index (χ1v) is 10.7. The Labute approximate surface area is 180 Å². The Kier molecular flexibility index (Phi) is 5.21. The van der Waals surface area contributed by atoms with Crippen LogP contribution >= 0.6 is 0 Å². The van der Waals surface area contributed by atoms with E-state index in [9.17, 15) is 14.4 Å². The van der Waals surface area contributed by atoms with Crippen LogP contribution in [0.25, 0.3) is 10.9 Å². The molecule has 4 heterocycles. The molecular weight excluding hydrogens is 397 g/mol. The van der Waals surface area contributed by atoms with Gasteiger partial charge in [-0.1, -0.05) is 12.1 Å². The Balaban J connectivity index is 1.57. The molecule has 31 heavy (non-hydrogen) atoms. The lowest BCUT2D eigenvalue weighted by atomic mass is 9.99. The molecule has 0 unspecified atom stereocenters. The number of hydroxylamine groups is 2. The fourth-order valence-electron chi connectivity index (χ4n) is 4.59. The molecule has 1 aromatic carbocycles. The summed E-state index contributed by atoms with van der Waals surface area (Å²) in [6, 6.07) is 6.53. The summed E-state index contributed by atoms with van der Waals surface area (Å²) >= 11 is 0. The van der Waals surface area contributed by atoms with Crippen LogP contribution in [0.1, 0.15) is 27.2 Å². The van der Waals surface area contributed by atoms with E-state index in [1.165, 1.54) is 17.7 Å². The minimum absolute atomic E-state index is 0.250. The van der Waals surface area contributed by atoms with Gasteiger partial charge in [0, 0.05) is 50.9 Å². The van der Waals surface area contributed by atoms with Gasteiger partial charge in [-0.3, -0.25) is 14.9 Å². The predicted molar refractivity (Wildman–Crippen MR) is 115 cm³/mol. The second-order valence-electron chi connectivity index (χ2n) is 8.51. The summed E-state index contributed by atoms with van der Waals surface area (Å²) in [7, 11) is 2.14. The molecule has 7 nitrogen and oxygen atoms in total. The van der Waals surface area contributed by atoms with Crippen LogP contribution in [0.2, 0.25) is 0 Å². The Morgan fingerprint density at radius 2 is 1.81 bits per heavy atom. The Morgan fingerprint density at radius 3 is 2.55 bits per heavy atom. The summed E-state index contributed by atoms with van der Waals surface area (Å²) in [5, 5.41) is 11.7. The average molecular weight is 423 g/mol. The molecule has 0 spiro atoms. The number of aromatic nitrogens is 2. The summed E-state index contributed by atoms with van der Waals surface area (Å²) in [5.41, 5.74) is 4.38. The van der Waals surface area contributed by atoms with E-state index in [1.807, 2.05) is 0 Å². The topological polar surface area (TPSA) is 64.8 Å². The summed E-state index contributed by atoms with van der Waals surface area (Å²) in [4.78, 5) is 21.7. The van der Waals surface area contributed by atoms with Crippen LogP contribution in [0.3, 0.4) is 0 Å². The third kappa shape index (κ3) is 3.82. The number of halogens is 1. The van der Waals surface area contributed by atoms with E-state index in [0.717, 1.165) is 59.8 Å². The van der Waals surface area contributed by atoms with Crippen molar-refractivity contribution in [3.8, 4) is 0 Å². The SMILES string of the molecule is CN1CCN(Cc2cn(Cc3ccc(F)cc3)c3cnc4c(c23)CCN(O)C4=O)CC1. The van der Waals surface area contributed by atoms with E-state index >= 15 is 0 Å². The smallest absolute Gasteiger partial charge is 0.296 e. The maximum absolute atomic E-state index is 13.3. The summed E-state index contributed by atoms with van der Waals surface area (Å²) in [6.45, 7) is 5.73. The van der Waals surface area contributed by atoms with Crippen molar-refractivity contribution in [2.45, 2.75) is 19.5 Å². The molecule has 8 heteroatoms. The van der Waals surface area contributed by atoms with E-state index < -0.39 is 5.91 Å². The number of pyridine rings is 1. The molecule has 0 radical (unpaired) electrons. The lowest BCUT2D eigenvalue weighted by Gasteiger charge is -2.32. The highest BCUT2D eigenvalue weighted by Crippen LogP contribution is 2.31. The number of fused-ring (bicyclic) bond motifs is 3. The molecule has 1 amide bonds. The predicted octanol–water partition coefficient (Wildman–Crippen LogP) is 2.36. The van der Waals surface area contributed by atoms with Gasteiger partial charge in [-0.2, -0.15) is 0 Å². The Bertz CT molecular complexity index is 1120. The van der Waals surface area contributed by atoms with E-state index in [4.69, 9.17) is 0 Å². The standard InChI is InChI=1S/C23H26FN5O2/c1-26-8-10-27(11-9-26)14-17-15-28(13-16-2-4-18(24)5-3-16)20-12-25-22-19(21(17)20)6-7-29(31)23(22)30/h2-5,12,15,31H,6-11,13-14H2,1H3. The van der Waals surface area contributed by atoms with E-state index in [0.29, 0.717) is 18.7 Å². The molecule has 2 aromatic heterocycles. The van der Waals surface area contributed by atoms with Gasteiger partial charge >= 0.3 is 0 Å². The van der Waals surface area contributed by atoms with Crippen LogP contribution in [-0.4, -0.2) is 75.3 Å². The minimum Gasteiger partial charge on any atom is -0.341 e. The molecule has 0 aliphatic carbocycles. The third-order valence-electron chi connectivity index (χ3n) is 6.37.